The smallest absolute Gasteiger partial charge is 0.265 e. The molecule has 0 saturated heterocycles. The van der Waals surface area contributed by atoms with Gasteiger partial charge in [-0.25, -0.2) is 8.42 Å². The Labute approximate surface area is 171 Å². The Morgan fingerprint density at radius 1 is 1.00 bits per heavy atom. The molecule has 29 heavy (non-hydrogen) atoms. The second kappa shape index (κ2) is 7.04. The normalized spacial score (nSPS) is 16.2. The van der Waals surface area contributed by atoms with Crippen LogP contribution in [0.15, 0.2) is 65.6 Å². The molecule has 1 heterocycles. The van der Waals surface area contributed by atoms with Crippen LogP contribution >= 0.6 is 0 Å². The monoisotopic (exact) mass is 411 g/mol. The van der Waals surface area contributed by atoms with Crippen molar-refractivity contribution in [3.05, 3.63) is 66.2 Å². The average molecular weight is 412 g/mol. The number of β-amino-alcohol motifs (C(OH)–C–C–N with tert-alkyl or cyclic N) is 1. The summed E-state index contributed by atoms with van der Waals surface area (Å²) in [4.78, 5) is 0.288. The molecule has 1 atom stereocenters. The maximum absolute atomic E-state index is 13.0. The lowest BCUT2D eigenvalue weighted by atomic mass is 9.87. The van der Waals surface area contributed by atoms with Crippen LogP contribution in [0.3, 0.4) is 0 Å². The molecule has 0 aromatic heterocycles. The third-order valence-electron chi connectivity index (χ3n) is 5.22. The van der Waals surface area contributed by atoms with Gasteiger partial charge < -0.3 is 9.84 Å². The first kappa shape index (κ1) is 19.7. The van der Waals surface area contributed by atoms with Crippen molar-refractivity contribution in [2.45, 2.75) is 37.2 Å². The molecule has 5 nitrogen and oxygen atoms in total. The van der Waals surface area contributed by atoms with Crippen molar-refractivity contribution in [2.75, 3.05) is 17.5 Å². The summed E-state index contributed by atoms with van der Waals surface area (Å²) in [7, 11) is -3.68. The Balaban J connectivity index is 1.48. The quantitative estimate of drug-likeness (QED) is 0.687. The van der Waals surface area contributed by atoms with Crippen LogP contribution in [-0.4, -0.2) is 32.8 Å². The Kier molecular flexibility index (Phi) is 4.79. The van der Waals surface area contributed by atoms with E-state index in [1.54, 1.807) is 18.2 Å². The van der Waals surface area contributed by atoms with Crippen LogP contribution in [0.25, 0.3) is 10.8 Å². The lowest BCUT2D eigenvalue weighted by Gasteiger charge is -2.23. The van der Waals surface area contributed by atoms with Gasteiger partial charge in [0, 0.05) is 5.39 Å². The number of hydrogen-bond donors (Lipinski definition) is 1. The number of anilines is 1. The number of ether oxygens (including phenoxy) is 1. The van der Waals surface area contributed by atoms with Gasteiger partial charge in [-0.1, -0.05) is 57.2 Å². The van der Waals surface area contributed by atoms with Crippen LogP contribution in [0.4, 0.5) is 5.69 Å². The van der Waals surface area contributed by atoms with Gasteiger partial charge in [0.15, 0.2) is 0 Å². The summed E-state index contributed by atoms with van der Waals surface area (Å²) in [5, 5.41) is 12.1. The SMILES string of the molecule is CC(C)(C)c1ccc(OCC(O)CN2c3cccc4cccc(c34)S2(=O)=O)cc1. The minimum absolute atomic E-state index is 0.00715. The minimum Gasteiger partial charge on any atom is -0.491 e. The molecule has 1 N–H and O–H groups in total. The highest BCUT2D eigenvalue weighted by molar-refractivity contribution is 7.93. The molecule has 1 unspecified atom stereocenters. The highest BCUT2D eigenvalue weighted by Gasteiger charge is 2.36. The first-order valence-electron chi connectivity index (χ1n) is 9.64. The van der Waals surface area contributed by atoms with Gasteiger partial charge in [0.2, 0.25) is 0 Å². The highest BCUT2D eigenvalue weighted by atomic mass is 32.2. The lowest BCUT2D eigenvalue weighted by molar-refractivity contribution is 0.115. The standard InChI is InChI=1S/C23H25NO4S/c1-23(2,3)17-10-12-19(13-11-17)28-15-18(25)14-24-20-8-4-6-16-7-5-9-21(22(16)20)29(24,26)27/h4-13,18,25H,14-15H2,1-3H3. The molecule has 4 rings (SSSR count). The molecule has 1 aliphatic rings. The van der Waals surface area contributed by atoms with E-state index in [2.05, 4.69) is 20.8 Å². The molecule has 0 spiro atoms. The summed E-state index contributed by atoms with van der Waals surface area (Å²) in [5.74, 6) is 0.645. The topological polar surface area (TPSA) is 66.8 Å². The Bertz CT molecular complexity index is 1140. The second-order valence-electron chi connectivity index (χ2n) is 8.41. The molecule has 0 aliphatic carbocycles. The summed E-state index contributed by atoms with van der Waals surface area (Å²) in [6.07, 6.45) is -0.961. The molecule has 0 fully saturated rings. The third kappa shape index (κ3) is 3.58. The molecular formula is C23H25NO4S. The van der Waals surface area contributed by atoms with E-state index in [-0.39, 0.29) is 23.5 Å². The van der Waals surface area contributed by atoms with Gasteiger partial charge in [0.05, 0.1) is 17.1 Å². The Morgan fingerprint density at radius 2 is 1.66 bits per heavy atom. The highest BCUT2D eigenvalue weighted by Crippen LogP contribution is 2.41. The molecule has 0 radical (unpaired) electrons. The summed E-state index contributed by atoms with van der Waals surface area (Å²) < 4.78 is 32.9. The van der Waals surface area contributed by atoms with E-state index >= 15 is 0 Å². The number of rotatable bonds is 5. The first-order valence-corrected chi connectivity index (χ1v) is 11.1. The van der Waals surface area contributed by atoms with Crippen molar-refractivity contribution in [3.63, 3.8) is 0 Å². The molecule has 1 aliphatic heterocycles. The number of aliphatic hydroxyl groups excluding tert-OH is 1. The van der Waals surface area contributed by atoms with Gasteiger partial charge in [0.1, 0.15) is 18.5 Å². The fraction of sp³-hybridized carbons (Fsp3) is 0.304. The van der Waals surface area contributed by atoms with E-state index in [1.165, 1.54) is 9.87 Å². The largest absolute Gasteiger partial charge is 0.491 e. The fourth-order valence-corrected chi connectivity index (χ4v) is 5.39. The fourth-order valence-electron chi connectivity index (χ4n) is 3.64. The predicted molar refractivity (Wildman–Crippen MR) is 115 cm³/mol. The lowest BCUT2D eigenvalue weighted by Crippen LogP contribution is -2.37. The van der Waals surface area contributed by atoms with E-state index in [1.807, 2.05) is 42.5 Å². The van der Waals surface area contributed by atoms with E-state index in [0.717, 1.165) is 5.39 Å². The van der Waals surface area contributed by atoms with Crippen molar-refractivity contribution in [1.29, 1.82) is 0 Å². The van der Waals surface area contributed by atoms with Crippen molar-refractivity contribution in [2.24, 2.45) is 0 Å². The molecule has 6 heteroatoms. The Hall–Kier alpha value is -2.57. The molecule has 3 aromatic carbocycles. The van der Waals surface area contributed by atoms with Crippen molar-refractivity contribution in [3.8, 4) is 5.75 Å². The number of hydrogen-bond acceptors (Lipinski definition) is 4. The van der Waals surface area contributed by atoms with E-state index in [9.17, 15) is 13.5 Å². The molecular weight excluding hydrogens is 386 g/mol. The number of benzene rings is 3. The number of sulfonamides is 1. The molecule has 152 valence electrons. The summed E-state index contributed by atoms with van der Waals surface area (Å²) in [5.41, 5.74) is 1.85. The van der Waals surface area contributed by atoms with E-state index in [0.29, 0.717) is 16.8 Å². The van der Waals surface area contributed by atoms with Crippen LogP contribution in [0.5, 0.6) is 5.75 Å². The predicted octanol–water partition coefficient (Wildman–Crippen LogP) is 4.09. The van der Waals surface area contributed by atoms with Gasteiger partial charge >= 0.3 is 0 Å². The Morgan fingerprint density at radius 3 is 2.31 bits per heavy atom. The van der Waals surface area contributed by atoms with Crippen LogP contribution in [0.1, 0.15) is 26.3 Å². The summed E-state index contributed by atoms with van der Waals surface area (Å²) in [6, 6.07) is 18.5. The van der Waals surface area contributed by atoms with Crippen LogP contribution < -0.4 is 9.04 Å². The molecule has 3 aromatic rings. The van der Waals surface area contributed by atoms with E-state index in [4.69, 9.17) is 4.74 Å². The zero-order valence-corrected chi connectivity index (χ0v) is 17.6. The molecule has 0 saturated carbocycles. The maximum Gasteiger partial charge on any atom is 0.265 e. The van der Waals surface area contributed by atoms with Gasteiger partial charge in [-0.2, -0.15) is 0 Å². The van der Waals surface area contributed by atoms with Crippen LogP contribution in [0.2, 0.25) is 0 Å². The number of nitrogens with zero attached hydrogens (tertiary/aromatic N) is 1. The molecule has 0 amide bonds. The maximum atomic E-state index is 13.0. The third-order valence-corrected chi connectivity index (χ3v) is 7.04. The summed E-state index contributed by atoms with van der Waals surface area (Å²) >= 11 is 0. The van der Waals surface area contributed by atoms with Crippen LogP contribution in [-0.2, 0) is 15.4 Å². The average Bonchev–Trinajstić information content (AvgIpc) is 2.89. The van der Waals surface area contributed by atoms with Gasteiger partial charge in [-0.3, -0.25) is 4.31 Å². The molecule has 0 bridgehead atoms. The van der Waals surface area contributed by atoms with E-state index < -0.39 is 16.1 Å². The van der Waals surface area contributed by atoms with Crippen molar-refractivity contribution < 1.29 is 18.3 Å². The minimum atomic E-state index is -3.68. The van der Waals surface area contributed by atoms with Crippen molar-refractivity contribution in [1.82, 2.24) is 0 Å². The van der Waals surface area contributed by atoms with Gasteiger partial charge in [-0.05, 0) is 40.6 Å². The van der Waals surface area contributed by atoms with Crippen molar-refractivity contribution >= 4 is 26.5 Å². The first-order chi connectivity index (χ1) is 13.7. The zero-order valence-electron chi connectivity index (χ0n) is 16.8. The van der Waals surface area contributed by atoms with Gasteiger partial charge in [0.25, 0.3) is 10.0 Å². The zero-order chi connectivity index (χ0) is 20.8. The van der Waals surface area contributed by atoms with Crippen LogP contribution in [0, 0.1) is 0 Å². The number of aliphatic hydroxyl groups is 1. The summed E-state index contributed by atoms with van der Waals surface area (Å²) in [6.45, 7) is 6.37. The van der Waals surface area contributed by atoms with Gasteiger partial charge in [-0.15, -0.1) is 0 Å². The second-order valence-corrected chi connectivity index (χ2v) is 10.2.